The van der Waals surface area contributed by atoms with Crippen molar-refractivity contribution < 1.29 is 9.90 Å². The molecule has 1 saturated heterocycles. The first kappa shape index (κ1) is 12.2. The zero-order chi connectivity index (χ0) is 12.9. The molecular formula is C14H16BrNO2. The normalized spacial score (nSPS) is 21.6. The number of nitrogens with zero attached hydrogens (tertiary/aromatic N) is 1. The second-order valence-corrected chi connectivity index (χ2v) is 6.41. The van der Waals surface area contributed by atoms with Crippen LogP contribution in [0.15, 0.2) is 22.7 Å². The number of hydrogen-bond acceptors (Lipinski definition) is 2. The Morgan fingerprint density at radius 1 is 1.44 bits per heavy atom. The Hall–Kier alpha value is -0.870. The quantitative estimate of drug-likeness (QED) is 0.911. The summed E-state index contributed by atoms with van der Waals surface area (Å²) in [5.41, 5.74) is 1.10. The summed E-state index contributed by atoms with van der Waals surface area (Å²) in [5, 5.41) is 10.2. The molecule has 0 spiro atoms. The molecule has 1 aromatic carbocycles. The van der Waals surface area contributed by atoms with E-state index in [0.717, 1.165) is 28.4 Å². The summed E-state index contributed by atoms with van der Waals surface area (Å²) in [6, 6.07) is 5.72. The minimum atomic E-state index is -0.602. The number of β-amino-alcohol motifs (C(OH)–C–C–N with tert-alkyl or cyclic N) is 1. The van der Waals surface area contributed by atoms with Gasteiger partial charge in [0.25, 0.3) is 5.91 Å². The Kier molecular flexibility index (Phi) is 2.75. The molecule has 3 rings (SSSR count). The highest BCUT2D eigenvalue weighted by Crippen LogP contribution is 2.44. The number of amides is 1. The lowest BCUT2D eigenvalue weighted by Gasteiger charge is -2.47. The summed E-state index contributed by atoms with van der Waals surface area (Å²) in [4.78, 5) is 14.1. The van der Waals surface area contributed by atoms with Gasteiger partial charge in [0.05, 0.1) is 13.1 Å². The highest BCUT2D eigenvalue weighted by Gasteiger charge is 2.53. The van der Waals surface area contributed by atoms with E-state index in [1.54, 1.807) is 4.90 Å². The van der Waals surface area contributed by atoms with Gasteiger partial charge in [-0.05, 0) is 43.4 Å². The summed E-state index contributed by atoms with van der Waals surface area (Å²) >= 11 is 3.39. The van der Waals surface area contributed by atoms with Crippen molar-refractivity contribution in [1.82, 2.24) is 4.90 Å². The van der Waals surface area contributed by atoms with E-state index in [0.29, 0.717) is 19.0 Å². The van der Waals surface area contributed by atoms with Gasteiger partial charge in [-0.3, -0.25) is 4.79 Å². The van der Waals surface area contributed by atoms with E-state index >= 15 is 0 Å². The van der Waals surface area contributed by atoms with Crippen LogP contribution in [0.1, 0.15) is 28.8 Å². The van der Waals surface area contributed by atoms with Crippen molar-refractivity contribution in [1.29, 1.82) is 0 Å². The second kappa shape index (κ2) is 4.07. The van der Waals surface area contributed by atoms with Crippen LogP contribution in [0.3, 0.4) is 0 Å². The first-order valence-corrected chi connectivity index (χ1v) is 7.07. The van der Waals surface area contributed by atoms with E-state index in [2.05, 4.69) is 15.9 Å². The molecule has 1 heterocycles. The van der Waals surface area contributed by atoms with Gasteiger partial charge in [-0.2, -0.15) is 0 Å². The minimum Gasteiger partial charge on any atom is -0.386 e. The fraction of sp³-hybridized carbons (Fsp3) is 0.500. The van der Waals surface area contributed by atoms with Gasteiger partial charge in [0, 0.05) is 10.0 Å². The van der Waals surface area contributed by atoms with Crippen LogP contribution in [-0.2, 0) is 0 Å². The molecule has 3 nitrogen and oxygen atoms in total. The zero-order valence-corrected chi connectivity index (χ0v) is 11.9. The van der Waals surface area contributed by atoms with Gasteiger partial charge < -0.3 is 10.0 Å². The lowest BCUT2D eigenvalue weighted by Crippen LogP contribution is -2.64. The van der Waals surface area contributed by atoms with Crippen molar-refractivity contribution >= 4 is 21.8 Å². The maximum Gasteiger partial charge on any atom is 0.254 e. The minimum absolute atomic E-state index is 0.0270. The molecule has 0 atom stereocenters. The van der Waals surface area contributed by atoms with Gasteiger partial charge in [-0.1, -0.05) is 22.0 Å². The molecule has 0 aromatic heterocycles. The number of aliphatic hydroxyl groups is 1. The fourth-order valence-electron chi connectivity index (χ4n) is 2.63. The van der Waals surface area contributed by atoms with Crippen molar-refractivity contribution in [2.24, 2.45) is 5.92 Å². The van der Waals surface area contributed by atoms with E-state index in [9.17, 15) is 9.90 Å². The third-order valence-electron chi connectivity index (χ3n) is 3.98. The monoisotopic (exact) mass is 309 g/mol. The van der Waals surface area contributed by atoms with E-state index in [4.69, 9.17) is 0 Å². The average molecular weight is 310 g/mol. The van der Waals surface area contributed by atoms with Gasteiger partial charge in [0.1, 0.15) is 5.60 Å². The summed E-state index contributed by atoms with van der Waals surface area (Å²) in [5.74, 6) is 0.448. The maximum absolute atomic E-state index is 12.3. The molecule has 1 amide bonds. The van der Waals surface area contributed by atoms with Crippen molar-refractivity contribution in [3.63, 3.8) is 0 Å². The molecule has 1 N–H and O–H groups in total. The van der Waals surface area contributed by atoms with Crippen LogP contribution in [0.5, 0.6) is 0 Å². The van der Waals surface area contributed by atoms with E-state index in [-0.39, 0.29) is 5.91 Å². The molecule has 0 bridgehead atoms. The predicted molar refractivity (Wildman–Crippen MR) is 72.5 cm³/mol. The third-order valence-corrected chi connectivity index (χ3v) is 4.48. The number of likely N-dealkylation sites (tertiary alicyclic amines) is 1. The average Bonchev–Trinajstić information content (AvgIpc) is 3.11. The molecule has 1 aliphatic carbocycles. The molecule has 1 saturated carbocycles. The number of carbonyl (C=O) groups excluding carboxylic acids is 1. The van der Waals surface area contributed by atoms with Crippen LogP contribution in [0.25, 0.3) is 0 Å². The number of carbonyl (C=O) groups is 1. The fourth-order valence-corrected chi connectivity index (χ4v) is 2.99. The predicted octanol–water partition coefficient (Wildman–Crippen LogP) is 2.35. The number of halogens is 1. The maximum atomic E-state index is 12.3. The Bertz CT molecular complexity index is 505. The summed E-state index contributed by atoms with van der Waals surface area (Å²) in [6.45, 7) is 2.91. The van der Waals surface area contributed by atoms with Crippen molar-refractivity contribution in [2.45, 2.75) is 25.4 Å². The molecule has 0 unspecified atom stereocenters. The van der Waals surface area contributed by atoms with Crippen LogP contribution in [0.4, 0.5) is 0 Å². The largest absolute Gasteiger partial charge is 0.386 e. The summed E-state index contributed by atoms with van der Waals surface area (Å²) in [6.07, 6.45) is 2.21. The second-order valence-electron chi connectivity index (χ2n) is 5.50. The zero-order valence-electron chi connectivity index (χ0n) is 10.3. The summed E-state index contributed by atoms with van der Waals surface area (Å²) in [7, 11) is 0. The molecular weight excluding hydrogens is 294 g/mol. The lowest BCUT2D eigenvalue weighted by atomic mass is 9.88. The van der Waals surface area contributed by atoms with Gasteiger partial charge >= 0.3 is 0 Å². The molecule has 1 aromatic rings. The molecule has 1 aliphatic heterocycles. The van der Waals surface area contributed by atoms with Gasteiger partial charge in [-0.15, -0.1) is 0 Å². The van der Waals surface area contributed by atoms with E-state index < -0.39 is 5.60 Å². The Balaban J connectivity index is 1.74. The topological polar surface area (TPSA) is 40.5 Å². The summed E-state index contributed by atoms with van der Waals surface area (Å²) < 4.78 is 0.912. The highest BCUT2D eigenvalue weighted by atomic mass is 79.9. The smallest absolute Gasteiger partial charge is 0.254 e. The van der Waals surface area contributed by atoms with Crippen LogP contribution < -0.4 is 0 Å². The first-order valence-electron chi connectivity index (χ1n) is 6.27. The van der Waals surface area contributed by atoms with Gasteiger partial charge in [-0.25, -0.2) is 0 Å². The first-order chi connectivity index (χ1) is 8.49. The molecule has 18 heavy (non-hydrogen) atoms. The Morgan fingerprint density at radius 2 is 2.11 bits per heavy atom. The third kappa shape index (κ3) is 1.97. The standard InChI is InChI=1S/C14H16BrNO2/c1-9-2-5-11(15)6-12(9)13(17)16-7-14(18,8-16)10-3-4-10/h2,5-6,10,18H,3-4,7-8H2,1H3. The molecule has 4 heteroatoms. The van der Waals surface area contributed by atoms with Crippen LogP contribution in [0, 0.1) is 12.8 Å². The van der Waals surface area contributed by atoms with Gasteiger partial charge in [0.2, 0.25) is 0 Å². The molecule has 2 aliphatic rings. The number of benzene rings is 1. The highest BCUT2D eigenvalue weighted by molar-refractivity contribution is 9.10. The number of hydrogen-bond donors (Lipinski definition) is 1. The number of rotatable bonds is 2. The van der Waals surface area contributed by atoms with E-state index in [1.165, 1.54) is 0 Å². The van der Waals surface area contributed by atoms with Crippen molar-refractivity contribution in [3.05, 3.63) is 33.8 Å². The molecule has 2 fully saturated rings. The number of aryl methyl sites for hydroxylation is 1. The Morgan fingerprint density at radius 3 is 2.72 bits per heavy atom. The lowest BCUT2D eigenvalue weighted by molar-refractivity contribution is -0.0958. The molecule has 96 valence electrons. The van der Waals surface area contributed by atoms with Crippen LogP contribution in [-0.4, -0.2) is 34.6 Å². The van der Waals surface area contributed by atoms with Crippen molar-refractivity contribution in [2.75, 3.05) is 13.1 Å². The van der Waals surface area contributed by atoms with E-state index in [1.807, 2.05) is 25.1 Å². The Labute approximate surface area is 115 Å². The van der Waals surface area contributed by atoms with Crippen molar-refractivity contribution in [3.8, 4) is 0 Å². The van der Waals surface area contributed by atoms with Gasteiger partial charge in [0.15, 0.2) is 0 Å². The molecule has 0 radical (unpaired) electrons. The van der Waals surface area contributed by atoms with Crippen LogP contribution >= 0.6 is 15.9 Å². The SMILES string of the molecule is Cc1ccc(Br)cc1C(=O)N1CC(O)(C2CC2)C1. The van der Waals surface area contributed by atoms with Crippen LogP contribution in [0.2, 0.25) is 0 Å².